The van der Waals surface area contributed by atoms with E-state index in [2.05, 4.69) is 5.10 Å². The lowest BCUT2D eigenvalue weighted by Gasteiger charge is -2.00. The summed E-state index contributed by atoms with van der Waals surface area (Å²) < 4.78 is 7.39. The summed E-state index contributed by atoms with van der Waals surface area (Å²) in [6, 6.07) is 3.62. The molecular formula is C12H14N2O2. The monoisotopic (exact) mass is 218 g/mol. The van der Waals surface area contributed by atoms with Gasteiger partial charge in [0.2, 0.25) is 0 Å². The first-order valence-corrected chi connectivity index (χ1v) is 5.20. The highest BCUT2D eigenvalue weighted by molar-refractivity contribution is 5.84. The van der Waals surface area contributed by atoms with Crippen molar-refractivity contribution in [3.63, 3.8) is 0 Å². The van der Waals surface area contributed by atoms with E-state index in [1.54, 1.807) is 16.9 Å². The van der Waals surface area contributed by atoms with Gasteiger partial charge in [0.1, 0.15) is 11.5 Å². The molecule has 0 aliphatic carbocycles. The van der Waals surface area contributed by atoms with Crippen molar-refractivity contribution in [2.24, 2.45) is 7.05 Å². The molecule has 2 rings (SSSR count). The molecule has 0 aliphatic rings. The summed E-state index contributed by atoms with van der Waals surface area (Å²) in [5.41, 5.74) is 1.39. The largest absolute Gasteiger partial charge is 0.458 e. The highest BCUT2D eigenvalue weighted by Crippen LogP contribution is 2.29. The molecule has 2 heterocycles. The predicted molar refractivity (Wildman–Crippen MR) is 60.4 cm³/mol. The average Bonchev–Trinajstić information content (AvgIpc) is 2.82. The molecule has 0 atom stereocenters. The van der Waals surface area contributed by atoms with Crippen LogP contribution >= 0.6 is 0 Å². The lowest BCUT2D eigenvalue weighted by molar-refractivity contribution is 0.112. The molecule has 0 N–H and O–H groups in total. The summed E-state index contributed by atoms with van der Waals surface area (Å²) in [5.74, 6) is 1.68. The van der Waals surface area contributed by atoms with Crippen LogP contribution in [0.4, 0.5) is 0 Å². The maximum Gasteiger partial charge on any atom is 0.162 e. The number of furan rings is 1. The van der Waals surface area contributed by atoms with Gasteiger partial charge < -0.3 is 4.42 Å². The minimum Gasteiger partial charge on any atom is -0.458 e. The molecule has 4 heteroatoms. The Labute approximate surface area is 93.9 Å². The number of rotatable bonds is 3. The van der Waals surface area contributed by atoms with Crippen LogP contribution < -0.4 is 0 Å². The molecule has 0 fully saturated rings. The molecule has 84 valence electrons. The molecule has 2 aromatic heterocycles. The quantitative estimate of drug-likeness (QED) is 0.744. The minimum atomic E-state index is 0.265. The Morgan fingerprint density at radius 1 is 1.50 bits per heavy atom. The van der Waals surface area contributed by atoms with Gasteiger partial charge in [-0.15, -0.1) is 0 Å². The summed E-state index contributed by atoms with van der Waals surface area (Å²) >= 11 is 0. The number of aromatic nitrogens is 2. The van der Waals surface area contributed by atoms with Gasteiger partial charge in [-0.05, 0) is 12.1 Å². The number of carbonyl (C=O) groups is 1. The summed E-state index contributed by atoms with van der Waals surface area (Å²) in [5, 5.41) is 4.06. The fourth-order valence-corrected chi connectivity index (χ4v) is 1.59. The Kier molecular flexibility index (Phi) is 2.64. The van der Waals surface area contributed by atoms with E-state index in [1.807, 2.05) is 27.0 Å². The topological polar surface area (TPSA) is 48.0 Å². The Bertz CT molecular complexity index is 509. The maximum absolute atomic E-state index is 11.0. The van der Waals surface area contributed by atoms with Crippen molar-refractivity contribution < 1.29 is 9.21 Å². The van der Waals surface area contributed by atoms with Crippen LogP contribution in [0.2, 0.25) is 0 Å². The number of aryl methyl sites for hydroxylation is 1. The van der Waals surface area contributed by atoms with Crippen LogP contribution in [-0.2, 0) is 7.05 Å². The molecule has 0 aliphatic heterocycles. The zero-order valence-electron chi connectivity index (χ0n) is 9.60. The molecule has 0 spiro atoms. The van der Waals surface area contributed by atoms with E-state index in [-0.39, 0.29) is 5.92 Å². The van der Waals surface area contributed by atoms with Gasteiger partial charge in [-0.2, -0.15) is 5.10 Å². The Morgan fingerprint density at radius 2 is 2.25 bits per heavy atom. The van der Waals surface area contributed by atoms with Gasteiger partial charge in [-0.25, -0.2) is 0 Å². The fourth-order valence-electron chi connectivity index (χ4n) is 1.59. The number of hydrogen-bond acceptors (Lipinski definition) is 3. The average molecular weight is 218 g/mol. The Hall–Kier alpha value is -1.84. The smallest absolute Gasteiger partial charge is 0.162 e. The zero-order valence-corrected chi connectivity index (χ0v) is 9.60. The van der Waals surface area contributed by atoms with Crippen molar-refractivity contribution >= 4 is 6.29 Å². The summed E-state index contributed by atoms with van der Waals surface area (Å²) in [4.78, 5) is 11.0. The minimum absolute atomic E-state index is 0.265. The third-order valence-corrected chi connectivity index (χ3v) is 2.53. The number of hydrogen-bond donors (Lipinski definition) is 0. The third kappa shape index (κ3) is 1.66. The van der Waals surface area contributed by atoms with Crippen LogP contribution in [0.1, 0.15) is 35.9 Å². The van der Waals surface area contributed by atoms with E-state index in [1.165, 1.54) is 0 Å². The van der Waals surface area contributed by atoms with Crippen molar-refractivity contribution in [2.75, 3.05) is 0 Å². The van der Waals surface area contributed by atoms with E-state index in [9.17, 15) is 4.79 Å². The van der Waals surface area contributed by atoms with Gasteiger partial charge in [-0.3, -0.25) is 9.48 Å². The van der Waals surface area contributed by atoms with Gasteiger partial charge in [0.15, 0.2) is 12.0 Å². The first-order valence-electron chi connectivity index (χ1n) is 5.20. The van der Waals surface area contributed by atoms with Crippen LogP contribution in [0.5, 0.6) is 0 Å². The van der Waals surface area contributed by atoms with Crippen molar-refractivity contribution in [3.05, 3.63) is 29.7 Å². The van der Waals surface area contributed by atoms with Gasteiger partial charge >= 0.3 is 0 Å². The first-order chi connectivity index (χ1) is 7.63. The zero-order chi connectivity index (χ0) is 11.7. The second kappa shape index (κ2) is 3.96. The highest BCUT2D eigenvalue weighted by atomic mass is 16.3. The van der Waals surface area contributed by atoms with E-state index in [0.717, 1.165) is 17.7 Å². The van der Waals surface area contributed by atoms with E-state index < -0.39 is 0 Å². The number of carbonyl (C=O) groups excluding carboxylic acids is 1. The Balaban J connectivity index is 2.56. The highest BCUT2D eigenvalue weighted by Gasteiger charge is 2.16. The van der Waals surface area contributed by atoms with Crippen molar-refractivity contribution in [1.29, 1.82) is 0 Å². The molecule has 0 radical (unpaired) electrons. The van der Waals surface area contributed by atoms with Gasteiger partial charge in [0.05, 0.1) is 5.56 Å². The van der Waals surface area contributed by atoms with Crippen LogP contribution in [-0.4, -0.2) is 16.1 Å². The molecule has 0 saturated heterocycles. The molecular weight excluding hydrogens is 204 g/mol. The number of aldehydes is 1. The van der Waals surface area contributed by atoms with Crippen molar-refractivity contribution in [3.8, 4) is 11.5 Å². The first kappa shape index (κ1) is 10.7. The normalized spacial score (nSPS) is 11.0. The summed E-state index contributed by atoms with van der Waals surface area (Å²) in [6.45, 7) is 4.06. The standard InChI is InChI=1S/C12H14N2O2/c1-8(2)11-6-9(7-15)12(16-11)10-4-5-13-14(10)3/h4-8H,1-3H3. The second-order valence-electron chi connectivity index (χ2n) is 4.05. The van der Waals surface area contributed by atoms with Crippen LogP contribution in [0.15, 0.2) is 22.7 Å². The van der Waals surface area contributed by atoms with E-state index >= 15 is 0 Å². The summed E-state index contributed by atoms with van der Waals surface area (Å²) in [7, 11) is 1.82. The van der Waals surface area contributed by atoms with Crippen LogP contribution in [0.25, 0.3) is 11.5 Å². The van der Waals surface area contributed by atoms with Gasteiger partial charge in [0.25, 0.3) is 0 Å². The van der Waals surface area contributed by atoms with E-state index in [0.29, 0.717) is 11.3 Å². The SMILES string of the molecule is CC(C)c1cc(C=O)c(-c2ccnn2C)o1. The van der Waals surface area contributed by atoms with E-state index in [4.69, 9.17) is 4.42 Å². The molecule has 0 unspecified atom stereocenters. The maximum atomic E-state index is 11.0. The molecule has 0 amide bonds. The molecule has 0 aromatic carbocycles. The Morgan fingerprint density at radius 3 is 2.75 bits per heavy atom. The molecule has 0 bridgehead atoms. The van der Waals surface area contributed by atoms with Crippen molar-refractivity contribution in [2.45, 2.75) is 19.8 Å². The fraction of sp³-hybridized carbons (Fsp3) is 0.333. The van der Waals surface area contributed by atoms with Crippen molar-refractivity contribution in [1.82, 2.24) is 9.78 Å². The third-order valence-electron chi connectivity index (χ3n) is 2.53. The molecule has 0 saturated carbocycles. The van der Waals surface area contributed by atoms with Crippen LogP contribution in [0.3, 0.4) is 0 Å². The predicted octanol–water partition coefficient (Wildman–Crippen LogP) is 2.62. The van der Waals surface area contributed by atoms with Crippen LogP contribution in [0, 0.1) is 0 Å². The molecule has 4 nitrogen and oxygen atoms in total. The lowest BCUT2D eigenvalue weighted by atomic mass is 10.1. The second-order valence-corrected chi connectivity index (χ2v) is 4.05. The molecule has 16 heavy (non-hydrogen) atoms. The van der Waals surface area contributed by atoms with Gasteiger partial charge in [0, 0.05) is 19.2 Å². The van der Waals surface area contributed by atoms with Gasteiger partial charge in [-0.1, -0.05) is 13.8 Å². The molecule has 2 aromatic rings. The summed E-state index contributed by atoms with van der Waals surface area (Å²) in [6.07, 6.45) is 2.50. The lowest BCUT2D eigenvalue weighted by Crippen LogP contribution is -1.93. The number of nitrogens with zero attached hydrogens (tertiary/aromatic N) is 2.